The zero-order valence-electron chi connectivity index (χ0n) is 12.8. The van der Waals surface area contributed by atoms with E-state index in [9.17, 15) is 0 Å². The second kappa shape index (κ2) is 13.5. The molecule has 0 aliphatic heterocycles. The molecular formula is C16H26SiZr-4. The van der Waals surface area contributed by atoms with Crippen LogP contribution in [-0.2, 0) is 23.3 Å². The molecule has 0 N–H and O–H groups in total. The minimum absolute atomic E-state index is 0. The average molecular weight is 338 g/mol. The molecule has 0 nitrogen and oxygen atoms in total. The summed E-state index contributed by atoms with van der Waals surface area (Å²) in [4.78, 5) is 0. The molecule has 0 bridgehead atoms. The van der Waals surface area contributed by atoms with Crippen molar-refractivity contribution < 1.29 is 23.3 Å². The second-order valence-corrected chi connectivity index (χ2v) is 3.79. The quantitative estimate of drug-likeness (QED) is 0.460. The zero-order valence-corrected chi connectivity index (χ0v) is 16.6. The van der Waals surface area contributed by atoms with Gasteiger partial charge in [-0.1, -0.05) is 13.8 Å². The molecule has 0 spiro atoms. The molecule has 0 radical (unpaired) electrons. The molecule has 0 saturated carbocycles. The van der Waals surface area contributed by atoms with Gasteiger partial charge in [0.1, 0.15) is 0 Å². The summed E-state index contributed by atoms with van der Waals surface area (Å²) in [6.45, 7) is 10.4. The first-order valence-electron chi connectivity index (χ1n) is 5.45. The predicted molar refractivity (Wildman–Crippen MR) is 83.0 cm³/mol. The Morgan fingerprint density at radius 3 is 1.17 bits per heavy atom. The fraction of sp³-hybridized carbons (Fsp3) is 0.375. The summed E-state index contributed by atoms with van der Waals surface area (Å²) in [6.07, 6.45) is 12.8. The van der Waals surface area contributed by atoms with Gasteiger partial charge in [0, 0.05) is 0 Å². The Labute approximate surface area is 132 Å². The maximum absolute atomic E-state index is 3.19. The molecule has 2 heteroatoms. The van der Waals surface area contributed by atoms with Gasteiger partial charge in [-0.05, 0) is 0 Å². The molecule has 0 unspecified atom stereocenters. The first-order chi connectivity index (χ1) is 7.61. The van der Waals surface area contributed by atoms with E-state index in [1.165, 1.54) is 22.3 Å². The number of hydrogen-bond acceptors (Lipinski definition) is 0. The zero-order chi connectivity index (χ0) is 12.6. The molecule has 18 heavy (non-hydrogen) atoms. The predicted octanol–water partition coefficient (Wildman–Crippen LogP) is 4.15. The average Bonchev–Trinajstić information content (AvgIpc) is 2.83. The van der Waals surface area contributed by atoms with E-state index in [4.69, 9.17) is 0 Å². The molecule has 102 valence electrons. The topological polar surface area (TPSA) is 0 Å². The Hall–Kier alpha value is 0.0600. The molecule has 0 atom stereocenters. The summed E-state index contributed by atoms with van der Waals surface area (Å²) < 4.78 is 0. The van der Waals surface area contributed by atoms with Crippen LogP contribution >= 0.6 is 0 Å². The van der Waals surface area contributed by atoms with Crippen LogP contribution in [0.25, 0.3) is 0 Å². The molecule has 0 aromatic carbocycles. The van der Waals surface area contributed by atoms with Gasteiger partial charge < -0.3 is 14.9 Å². The Morgan fingerprint density at radius 2 is 1.11 bits per heavy atom. The van der Waals surface area contributed by atoms with Gasteiger partial charge in [-0.15, -0.1) is 26.7 Å². The van der Waals surface area contributed by atoms with Crippen LogP contribution in [0, 0.1) is 27.0 Å². The molecule has 2 rings (SSSR count). The van der Waals surface area contributed by atoms with Gasteiger partial charge in [0.05, 0.1) is 0 Å². The van der Waals surface area contributed by atoms with E-state index < -0.39 is 0 Å². The Bertz CT molecular complexity index is 280. The van der Waals surface area contributed by atoms with Crippen molar-refractivity contribution in [2.24, 2.45) is 0 Å². The molecule has 0 aromatic heterocycles. The van der Waals surface area contributed by atoms with Crippen molar-refractivity contribution >= 4 is 6.88 Å². The van der Waals surface area contributed by atoms with E-state index in [1.807, 2.05) is 6.88 Å². The molecule has 0 saturated heterocycles. The van der Waals surface area contributed by atoms with Crippen LogP contribution in [0.3, 0.4) is 0 Å². The molecular weight excluding hydrogens is 311 g/mol. The van der Waals surface area contributed by atoms with Gasteiger partial charge in [0.15, 0.2) is 0 Å². The third kappa shape index (κ3) is 9.05. The summed E-state index contributed by atoms with van der Waals surface area (Å²) in [5.41, 5.74) is 5.42. The normalized spacial score (nSPS) is 15.1. The van der Waals surface area contributed by atoms with Crippen molar-refractivity contribution in [3.8, 4) is 0 Å². The van der Waals surface area contributed by atoms with Gasteiger partial charge in [-0.2, -0.15) is 12.2 Å². The van der Waals surface area contributed by atoms with Crippen LogP contribution in [-0.4, -0.2) is 6.88 Å². The first-order valence-corrected chi connectivity index (χ1v) is 11.4. The van der Waals surface area contributed by atoms with E-state index in [0.717, 1.165) is 12.8 Å². The molecule has 2 aliphatic carbocycles. The van der Waals surface area contributed by atoms with Crippen LogP contribution in [0.1, 0.15) is 40.5 Å². The SMILES string of the molecule is CC1=[C-]CC=C1C.CC1=[C-]CC=C1C.[CH3-].[CH3-].[SiH2]=[Zr]. The number of allylic oxidation sites excluding steroid dienone is 8. The van der Waals surface area contributed by atoms with Gasteiger partial charge in [0.2, 0.25) is 0 Å². The third-order valence-corrected chi connectivity index (χ3v) is 2.73. The summed E-state index contributed by atoms with van der Waals surface area (Å²) in [5, 5.41) is 0. The van der Waals surface area contributed by atoms with Crippen molar-refractivity contribution in [2.75, 3.05) is 0 Å². The van der Waals surface area contributed by atoms with Crippen molar-refractivity contribution in [1.82, 2.24) is 0 Å². The van der Waals surface area contributed by atoms with E-state index in [1.54, 1.807) is 23.3 Å². The van der Waals surface area contributed by atoms with E-state index in [0.29, 0.717) is 0 Å². The van der Waals surface area contributed by atoms with Crippen LogP contribution < -0.4 is 0 Å². The van der Waals surface area contributed by atoms with Crippen molar-refractivity contribution in [3.63, 3.8) is 0 Å². The van der Waals surface area contributed by atoms with E-state index in [2.05, 4.69) is 52.0 Å². The van der Waals surface area contributed by atoms with Gasteiger partial charge in [-0.3, -0.25) is 12.2 Å². The Kier molecular flexibility index (Phi) is 17.4. The third-order valence-electron chi connectivity index (χ3n) is 2.73. The van der Waals surface area contributed by atoms with Crippen molar-refractivity contribution in [2.45, 2.75) is 40.5 Å². The fourth-order valence-corrected chi connectivity index (χ4v) is 1.30. The van der Waals surface area contributed by atoms with Crippen LogP contribution in [0.2, 0.25) is 0 Å². The molecule has 2 aliphatic rings. The van der Waals surface area contributed by atoms with Gasteiger partial charge in [-0.25, -0.2) is 22.3 Å². The second-order valence-electron chi connectivity index (χ2n) is 3.79. The Balaban J connectivity index is -0.000000200. The van der Waals surface area contributed by atoms with Gasteiger partial charge in [0.25, 0.3) is 0 Å². The number of hydrogen-bond donors (Lipinski definition) is 0. The van der Waals surface area contributed by atoms with Gasteiger partial charge >= 0.3 is 30.2 Å². The molecule has 0 aromatic rings. The Morgan fingerprint density at radius 1 is 0.833 bits per heavy atom. The summed E-state index contributed by atoms with van der Waals surface area (Å²) in [6, 6.07) is 0. The number of rotatable bonds is 0. The summed E-state index contributed by atoms with van der Waals surface area (Å²) in [7, 11) is 0. The van der Waals surface area contributed by atoms with Crippen LogP contribution in [0.5, 0.6) is 0 Å². The van der Waals surface area contributed by atoms with Crippen molar-refractivity contribution in [3.05, 3.63) is 61.4 Å². The van der Waals surface area contributed by atoms with E-state index in [-0.39, 0.29) is 14.9 Å². The molecule has 0 fully saturated rings. The summed E-state index contributed by atoms with van der Waals surface area (Å²) in [5.74, 6) is 0. The first kappa shape index (κ1) is 23.2. The van der Waals surface area contributed by atoms with Crippen molar-refractivity contribution in [1.29, 1.82) is 0 Å². The maximum atomic E-state index is 3.19. The molecule has 0 amide bonds. The fourth-order valence-electron chi connectivity index (χ4n) is 1.30. The van der Waals surface area contributed by atoms with Crippen LogP contribution in [0.4, 0.5) is 0 Å². The van der Waals surface area contributed by atoms with Crippen LogP contribution in [0.15, 0.2) is 34.4 Å². The minimum atomic E-state index is 0. The molecule has 0 heterocycles. The standard InChI is InChI=1S/2C7H9.2CH3.H2Si.Zr/c2*1-6-4-3-5-7(6)2;;;;/h2*4H,3H2,1-2H3;2*1H3;1H2;/q4*-1;;. The summed E-state index contributed by atoms with van der Waals surface area (Å²) >= 11 is 1.58. The monoisotopic (exact) mass is 336 g/mol. The van der Waals surface area contributed by atoms with E-state index >= 15 is 0 Å².